The third-order valence-electron chi connectivity index (χ3n) is 3.09. The molecule has 0 aromatic carbocycles. The van der Waals surface area contributed by atoms with Crippen LogP contribution in [0.15, 0.2) is 6.07 Å². The van der Waals surface area contributed by atoms with E-state index < -0.39 is 9.84 Å². The van der Waals surface area contributed by atoms with Crippen LogP contribution < -0.4 is 0 Å². The molecule has 0 atom stereocenters. The number of imidazole rings is 1. The maximum atomic E-state index is 11.7. The van der Waals surface area contributed by atoms with Crippen LogP contribution in [0, 0.1) is 13.8 Å². The van der Waals surface area contributed by atoms with Gasteiger partial charge in [0, 0.05) is 17.8 Å². The molecule has 0 bridgehead atoms. The van der Waals surface area contributed by atoms with Crippen LogP contribution in [0.3, 0.4) is 0 Å². The largest absolute Gasteiger partial charge is 0.284 e. The lowest BCUT2D eigenvalue weighted by Gasteiger charge is -2.12. The SMILES string of the molecule is Cc1cc(C)n2c3c(nc2n1)CCS(=O)(=O)C3. The van der Waals surface area contributed by atoms with Gasteiger partial charge in [0.25, 0.3) is 0 Å². The maximum Gasteiger partial charge on any atom is 0.234 e. The molecule has 0 N–H and O–H groups in total. The maximum absolute atomic E-state index is 11.7. The van der Waals surface area contributed by atoms with Gasteiger partial charge < -0.3 is 0 Å². The Labute approximate surface area is 99.4 Å². The van der Waals surface area contributed by atoms with Crippen LogP contribution in [0.1, 0.15) is 22.8 Å². The summed E-state index contributed by atoms with van der Waals surface area (Å²) < 4.78 is 25.2. The number of rotatable bonds is 0. The Kier molecular flexibility index (Phi) is 2.07. The van der Waals surface area contributed by atoms with Crippen LogP contribution in [0.25, 0.3) is 5.78 Å². The highest BCUT2D eigenvalue weighted by Gasteiger charge is 2.26. The van der Waals surface area contributed by atoms with Crippen molar-refractivity contribution >= 4 is 15.6 Å². The molecule has 0 amide bonds. The molecule has 0 unspecified atom stereocenters. The van der Waals surface area contributed by atoms with Gasteiger partial charge in [-0.3, -0.25) is 4.40 Å². The summed E-state index contributed by atoms with van der Waals surface area (Å²) in [4.78, 5) is 8.77. The number of fused-ring (bicyclic) bond motifs is 3. The molecule has 17 heavy (non-hydrogen) atoms. The van der Waals surface area contributed by atoms with Gasteiger partial charge in [0.1, 0.15) is 0 Å². The molecule has 1 aliphatic heterocycles. The fraction of sp³-hybridized carbons (Fsp3) is 0.455. The molecule has 0 saturated carbocycles. The Balaban J connectivity index is 2.35. The van der Waals surface area contributed by atoms with Crippen LogP contribution >= 0.6 is 0 Å². The number of sulfone groups is 1. The zero-order chi connectivity index (χ0) is 12.2. The van der Waals surface area contributed by atoms with Gasteiger partial charge in [-0.25, -0.2) is 18.4 Å². The smallest absolute Gasteiger partial charge is 0.234 e. The van der Waals surface area contributed by atoms with Gasteiger partial charge in [0.2, 0.25) is 5.78 Å². The van der Waals surface area contributed by atoms with Crippen LogP contribution in [0.2, 0.25) is 0 Å². The van der Waals surface area contributed by atoms with Gasteiger partial charge in [-0.1, -0.05) is 0 Å². The lowest BCUT2D eigenvalue weighted by molar-refractivity contribution is 0.590. The van der Waals surface area contributed by atoms with E-state index in [0.29, 0.717) is 12.2 Å². The summed E-state index contributed by atoms with van der Waals surface area (Å²) >= 11 is 0. The van der Waals surface area contributed by atoms with E-state index in [9.17, 15) is 8.42 Å². The van der Waals surface area contributed by atoms with Crippen LogP contribution in [-0.4, -0.2) is 28.5 Å². The minimum atomic E-state index is -2.97. The number of hydrogen-bond donors (Lipinski definition) is 0. The highest BCUT2D eigenvalue weighted by Crippen LogP contribution is 2.22. The summed E-state index contributed by atoms with van der Waals surface area (Å²) in [6, 6.07) is 1.94. The average molecular weight is 251 g/mol. The Morgan fingerprint density at radius 1 is 1.29 bits per heavy atom. The zero-order valence-electron chi connectivity index (χ0n) is 9.77. The van der Waals surface area contributed by atoms with Crippen LogP contribution in [0.4, 0.5) is 0 Å². The second kappa shape index (κ2) is 3.29. The Hall–Kier alpha value is -1.43. The Bertz CT molecular complexity index is 716. The fourth-order valence-corrected chi connectivity index (χ4v) is 3.73. The highest BCUT2D eigenvalue weighted by atomic mass is 32.2. The first kappa shape index (κ1) is 10.7. The fourth-order valence-electron chi connectivity index (χ4n) is 2.37. The quantitative estimate of drug-likeness (QED) is 0.695. The van der Waals surface area contributed by atoms with E-state index in [0.717, 1.165) is 22.8 Å². The first-order chi connectivity index (χ1) is 7.96. The van der Waals surface area contributed by atoms with Gasteiger partial charge in [-0.05, 0) is 19.9 Å². The molecule has 0 saturated heterocycles. The Morgan fingerprint density at radius 2 is 2.06 bits per heavy atom. The number of aryl methyl sites for hydroxylation is 3. The van der Waals surface area contributed by atoms with Crippen molar-refractivity contribution in [3.8, 4) is 0 Å². The third kappa shape index (κ3) is 1.63. The second-order valence-corrected chi connectivity index (χ2v) is 6.71. The van der Waals surface area contributed by atoms with Crippen molar-refractivity contribution in [2.45, 2.75) is 26.0 Å². The summed E-state index contributed by atoms with van der Waals surface area (Å²) in [5, 5.41) is 0. The van der Waals surface area contributed by atoms with Gasteiger partial charge >= 0.3 is 0 Å². The third-order valence-corrected chi connectivity index (χ3v) is 4.63. The molecular formula is C11H13N3O2S. The lowest BCUT2D eigenvalue weighted by Crippen LogP contribution is -2.20. The topological polar surface area (TPSA) is 64.3 Å². The molecule has 1 aliphatic rings. The van der Waals surface area contributed by atoms with Crippen molar-refractivity contribution in [1.82, 2.24) is 14.4 Å². The molecular weight excluding hydrogens is 238 g/mol. The van der Waals surface area contributed by atoms with Gasteiger partial charge in [0.15, 0.2) is 9.84 Å². The van der Waals surface area contributed by atoms with Crippen molar-refractivity contribution in [3.63, 3.8) is 0 Å². The summed E-state index contributed by atoms with van der Waals surface area (Å²) in [5.41, 5.74) is 3.55. The molecule has 0 radical (unpaired) electrons. The molecule has 0 fully saturated rings. The predicted molar refractivity (Wildman–Crippen MR) is 63.7 cm³/mol. The molecule has 2 aromatic heterocycles. The van der Waals surface area contributed by atoms with Crippen LogP contribution in [-0.2, 0) is 22.0 Å². The molecule has 0 spiro atoms. The minimum Gasteiger partial charge on any atom is -0.284 e. The van der Waals surface area contributed by atoms with Gasteiger partial charge in [-0.15, -0.1) is 0 Å². The number of hydrogen-bond acceptors (Lipinski definition) is 4. The molecule has 5 nitrogen and oxygen atoms in total. The van der Waals surface area contributed by atoms with Crippen molar-refractivity contribution in [3.05, 3.63) is 28.8 Å². The molecule has 0 aliphatic carbocycles. The number of nitrogens with zero attached hydrogens (tertiary/aromatic N) is 3. The predicted octanol–water partition coefficient (Wildman–Crippen LogP) is 0.817. The normalized spacial score (nSPS) is 18.2. The zero-order valence-corrected chi connectivity index (χ0v) is 10.6. The van der Waals surface area contributed by atoms with Crippen molar-refractivity contribution in [1.29, 1.82) is 0 Å². The Morgan fingerprint density at radius 3 is 2.82 bits per heavy atom. The summed E-state index contributed by atoms with van der Waals surface area (Å²) in [6.07, 6.45) is 0.500. The van der Waals surface area contributed by atoms with Crippen molar-refractivity contribution in [2.24, 2.45) is 0 Å². The van der Waals surface area contributed by atoms with E-state index in [-0.39, 0.29) is 11.5 Å². The number of aromatic nitrogens is 3. The first-order valence-corrected chi connectivity index (χ1v) is 7.33. The standard InChI is InChI=1S/C11H13N3O2S/c1-7-5-8(2)14-10-6-17(15,16)4-3-9(10)13-11(14)12-7/h5H,3-4,6H2,1-2H3. The van der Waals surface area contributed by atoms with E-state index in [1.807, 2.05) is 24.3 Å². The molecule has 6 heteroatoms. The highest BCUT2D eigenvalue weighted by molar-refractivity contribution is 7.90. The summed E-state index contributed by atoms with van der Waals surface area (Å²) in [5.74, 6) is 0.890. The van der Waals surface area contributed by atoms with E-state index in [1.165, 1.54) is 0 Å². The van der Waals surface area contributed by atoms with Gasteiger partial charge in [0.05, 0.1) is 22.9 Å². The summed E-state index contributed by atoms with van der Waals surface area (Å²) in [7, 11) is -2.97. The van der Waals surface area contributed by atoms with E-state index in [4.69, 9.17) is 0 Å². The minimum absolute atomic E-state index is 0.0785. The van der Waals surface area contributed by atoms with E-state index >= 15 is 0 Å². The second-order valence-electron chi connectivity index (χ2n) is 4.52. The lowest BCUT2D eigenvalue weighted by atomic mass is 10.2. The first-order valence-electron chi connectivity index (χ1n) is 5.51. The monoisotopic (exact) mass is 251 g/mol. The molecule has 2 aromatic rings. The van der Waals surface area contributed by atoms with Gasteiger partial charge in [-0.2, -0.15) is 0 Å². The average Bonchev–Trinajstić information content (AvgIpc) is 2.53. The molecule has 3 rings (SSSR count). The van der Waals surface area contributed by atoms with Crippen molar-refractivity contribution < 1.29 is 8.42 Å². The van der Waals surface area contributed by atoms with Crippen LogP contribution in [0.5, 0.6) is 0 Å². The van der Waals surface area contributed by atoms with E-state index in [2.05, 4.69) is 9.97 Å². The molecule has 3 heterocycles. The molecule has 90 valence electrons. The van der Waals surface area contributed by atoms with Crippen molar-refractivity contribution in [2.75, 3.05) is 5.75 Å². The van der Waals surface area contributed by atoms with E-state index in [1.54, 1.807) is 0 Å². The summed E-state index contributed by atoms with van der Waals surface area (Å²) in [6.45, 7) is 3.86.